The second-order valence-corrected chi connectivity index (χ2v) is 6.56. The van der Waals surface area contributed by atoms with E-state index in [2.05, 4.69) is 27.5 Å². The van der Waals surface area contributed by atoms with E-state index < -0.39 is 0 Å². The molecule has 0 unspecified atom stereocenters. The SMILES string of the molecule is CCc1cnc(CCNC(=NC)NCCOc2ccccc2C)s1.I. The molecule has 25 heavy (non-hydrogen) atoms. The van der Waals surface area contributed by atoms with Crippen LogP contribution < -0.4 is 15.4 Å². The lowest BCUT2D eigenvalue weighted by atomic mass is 10.2. The van der Waals surface area contributed by atoms with Crippen LogP contribution in [0.4, 0.5) is 0 Å². The molecule has 0 spiro atoms. The molecule has 2 rings (SSSR count). The van der Waals surface area contributed by atoms with Gasteiger partial charge in [0.05, 0.1) is 11.6 Å². The predicted molar refractivity (Wildman–Crippen MR) is 117 cm³/mol. The van der Waals surface area contributed by atoms with Crippen molar-refractivity contribution < 1.29 is 4.74 Å². The van der Waals surface area contributed by atoms with Crippen LogP contribution in [0.1, 0.15) is 22.4 Å². The van der Waals surface area contributed by atoms with Crippen LogP contribution in [-0.4, -0.2) is 37.7 Å². The van der Waals surface area contributed by atoms with Gasteiger partial charge in [-0.1, -0.05) is 25.1 Å². The van der Waals surface area contributed by atoms with Crippen LogP contribution in [0.5, 0.6) is 5.75 Å². The van der Waals surface area contributed by atoms with Gasteiger partial charge in [0, 0.05) is 31.1 Å². The maximum absolute atomic E-state index is 5.77. The first-order valence-electron chi connectivity index (χ1n) is 8.29. The number of ether oxygens (including phenoxy) is 1. The van der Waals surface area contributed by atoms with E-state index in [9.17, 15) is 0 Å². The van der Waals surface area contributed by atoms with Crippen molar-refractivity contribution in [3.63, 3.8) is 0 Å². The first-order chi connectivity index (χ1) is 11.7. The summed E-state index contributed by atoms with van der Waals surface area (Å²) >= 11 is 1.78. The fourth-order valence-corrected chi connectivity index (χ4v) is 3.05. The van der Waals surface area contributed by atoms with Gasteiger partial charge in [0.1, 0.15) is 12.4 Å². The number of aromatic nitrogens is 1. The molecular weight excluding hydrogens is 447 g/mol. The molecule has 0 bridgehead atoms. The number of hydrogen-bond donors (Lipinski definition) is 2. The number of nitrogens with zero attached hydrogens (tertiary/aromatic N) is 2. The summed E-state index contributed by atoms with van der Waals surface area (Å²) in [4.78, 5) is 9.98. The van der Waals surface area contributed by atoms with Crippen molar-refractivity contribution >= 4 is 41.3 Å². The Morgan fingerprint density at radius 1 is 1.24 bits per heavy atom. The van der Waals surface area contributed by atoms with Crippen LogP contribution in [0, 0.1) is 6.92 Å². The standard InChI is InChI=1S/C18H26N4OS.HI/c1-4-15-13-22-17(24-15)9-10-20-18(19-3)21-11-12-23-16-8-6-5-7-14(16)2;/h5-8,13H,4,9-12H2,1-3H3,(H2,19,20,21);1H. The van der Waals surface area contributed by atoms with Crippen LogP contribution >= 0.6 is 35.3 Å². The number of nitrogens with one attached hydrogen (secondary N) is 2. The number of rotatable bonds is 8. The first kappa shape index (κ1) is 21.7. The molecule has 0 radical (unpaired) electrons. The third-order valence-corrected chi connectivity index (χ3v) is 4.75. The normalized spacial score (nSPS) is 10.9. The molecule has 1 aromatic carbocycles. The van der Waals surface area contributed by atoms with E-state index in [1.165, 1.54) is 4.88 Å². The zero-order valence-electron chi connectivity index (χ0n) is 15.0. The van der Waals surface area contributed by atoms with Gasteiger partial charge in [-0.3, -0.25) is 4.99 Å². The minimum Gasteiger partial charge on any atom is -0.491 e. The van der Waals surface area contributed by atoms with Crippen LogP contribution in [0.15, 0.2) is 35.5 Å². The maximum atomic E-state index is 5.77. The minimum absolute atomic E-state index is 0. The Kier molecular flexibility index (Phi) is 10.5. The van der Waals surface area contributed by atoms with Crippen LogP contribution in [0.3, 0.4) is 0 Å². The Hall–Kier alpha value is -1.35. The van der Waals surface area contributed by atoms with E-state index in [0.717, 1.165) is 41.7 Å². The predicted octanol–water partition coefficient (Wildman–Crippen LogP) is 3.42. The van der Waals surface area contributed by atoms with Gasteiger partial charge in [-0.05, 0) is 25.0 Å². The van der Waals surface area contributed by atoms with E-state index in [-0.39, 0.29) is 24.0 Å². The average molecular weight is 474 g/mol. The quantitative estimate of drug-likeness (QED) is 0.267. The number of aryl methyl sites for hydroxylation is 2. The van der Waals surface area contributed by atoms with Gasteiger partial charge in [0.2, 0.25) is 0 Å². The highest BCUT2D eigenvalue weighted by atomic mass is 127. The summed E-state index contributed by atoms with van der Waals surface area (Å²) in [6.07, 6.45) is 3.93. The third kappa shape index (κ3) is 7.60. The molecule has 5 nitrogen and oxygen atoms in total. The maximum Gasteiger partial charge on any atom is 0.191 e. The van der Waals surface area contributed by atoms with Gasteiger partial charge in [0.15, 0.2) is 5.96 Å². The number of para-hydroxylation sites is 1. The monoisotopic (exact) mass is 474 g/mol. The largest absolute Gasteiger partial charge is 0.491 e. The smallest absolute Gasteiger partial charge is 0.191 e. The van der Waals surface area contributed by atoms with Crippen molar-refractivity contribution in [2.75, 3.05) is 26.7 Å². The molecule has 0 aliphatic carbocycles. The van der Waals surface area contributed by atoms with E-state index in [4.69, 9.17) is 4.74 Å². The summed E-state index contributed by atoms with van der Waals surface area (Å²) < 4.78 is 5.77. The lowest BCUT2D eigenvalue weighted by molar-refractivity contribution is 0.320. The second kappa shape index (κ2) is 12.1. The molecule has 2 aromatic rings. The third-order valence-electron chi connectivity index (χ3n) is 3.55. The lowest BCUT2D eigenvalue weighted by Gasteiger charge is -2.13. The van der Waals surface area contributed by atoms with Gasteiger partial charge in [-0.25, -0.2) is 4.98 Å². The molecule has 0 fully saturated rings. The molecule has 1 aromatic heterocycles. The number of benzene rings is 1. The molecule has 0 aliphatic rings. The lowest BCUT2D eigenvalue weighted by Crippen LogP contribution is -2.40. The Balaban J connectivity index is 0.00000312. The van der Waals surface area contributed by atoms with Crippen LogP contribution in [0.2, 0.25) is 0 Å². The van der Waals surface area contributed by atoms with Crippen molar-refractivity contribution in [1.82, 2.24) is 15.6 Å². The topological polar surface area (TPSA) is 58.5 Å². The van der Waals surface area contributed by atoms with Crippen molar-refractivity contribution in [1.29, 1.82) is 0 Å². The highest BCUT2D eigenvalue weighted by molar-refractivity contribution is 14.0. The van der Waals surface area contributed by atoms with Crippen molar-refractivity contribution in [2.45, 2.75) is 26.7 Å². The number of guanidine groups is 1. The zero-order valence-corrected chi connectivity index (χ0v) is 18.2. The molecule has 2 N–H and O–H groups in total. The molecule has 0 amide bonds. The zero-order chi connectivity index (χ0) is 17.2. The van der Waals surface area contributed by atoms with Gasteiger partial charge in [-0.15, -0.1) is 35.3 Å². The number of halogens is 1. The fraction of sp³-hybridized carbons (Fsp3) is 0.444. The van der Waals surface area contributed by atoms with Crippen molar-refractivity contribution in [3.05, 3.63) is 45.9 Å². The molecule has 0 saturated heterocycles. The van der Waals surface area contributed by atoms with Crippen molar-refractivity contribution in [3.8, 4) is 5.75 Å². The average Bonchev–Trinajstić information content (AvgIpc) is 3.06. The number of hydrogen-bond acceptors (Lipinski definition) is 4. The first-order valence-corrected chi connectivity index (χ1v) is 9.11. The molecule has 0 aliphatic heterocycles. The summed E-state index contributed by atoms with van der Waals surface area (Å²) in [5.74, 6) is 1.72. The Morgan fingerprint density at radius 3 is 2.68 bits per heavy atom. The summed E-state index contributed by atoms with van der Waals surface area (Å²) in [7, 11) is 1.77. The Morgan fingerprint density at radius 2 is 2.00 bits per heavy atom. The summed E-state index contributed by atoms with van der Waals surface area (Å²) in [5, 5.41) is 7.73. The van der Waals surface area contributed by atoms with Crippen LogP contribution in [0.25, 0.3) is 0 Å². The highest BCUT2D eigenvalue weighted by Crippen LogP contribution is 2.15. The molecule has 0 saturated carbocycles. The van der Waals surface area contributed by atoms with Crippen LogP contribution in [-0.2, 0) is 12.8 Å². The Bertz CT molecular complexity index is 660. The Labute approximate surface area is 171 Å². The fourth-order valence-electron chi connectivity index (χ4n) is 2.18. The second-order valence-electron chi connectivity index (χ2n) is 5.36. The molecule has 138 valence electrons. The van der Waals surface area contributed by atoms with Gasteiger partial charge in [0.25, 0.3) is 0 Å². The van der Waals surface area contributed by atoms with Crippen molar-refractivity contribution in [2.24, 2.45) is 4.99 Å². The number of thiazole rings is 1. The summed E-state index contributed by atoms with van der Waals surface area (Å²) in [6.45, 7) is 6.31. The van der Waals surface area contributed by atoms with E-state index >= 15 is 0 Å². The number of aliphatic imine (C=N–C) groups is 1. The van der Waals surface area contributed by atoms with Gasteiger partial charge < -0.3 is 15.4 Å². The van der Waals surface area contributed by atoms with E-state index in [1.54, 1.807) is 18.4 Å². The van der Waals surface area contributed by atoms with E-state index in [1.807, 2.05) is 37.4 Å². The highest BCUT2D eigenvalue weighted by Gasteiger charge is 2.02. The molecule has 1 heterocycles. The summed E-state index contributed by atoms with van der Waals surface area (Å²) in [5.41, 5.74) is 1.15. The van der Waals surface area contributed by atoms with E-state index in [0.29, 0.717) is 13.2 Å². The van der Waals surface area contributed by atoms with Gasteiger partial charge >= 0.3 is 0 Å². The molecule has 0 atom stereocenters. The van der Waals surface area contributed by atoms with Gasteiger partial charge in [-0.2, -0.15) is 0 Å². The molecule has 7 heteroatoms. The molecular formula is C18H27IN4OS. The summed E-state index contributed by atoms with van der Waals surface area (Å²) in [6, 6.07) is 8.03. The minimum atomic E-state index is 0.